The average molecular weight is 911 g/mol. The molecule has 0 N–H and O–H groups in total. The van der Waals surface area contributed by atoms with E-state index in [9.17, 15) is 0 Å². The monoisotopic (exact) mass is 911 g/mol. The molecule has 8 aromatic carbocycles. The molecule has 2 heteroatoms. The van der Waals surface area contributed by atoms with Crippen molar-refractivity contribution in [1.29, 1.82) is 0 Å². The molecule has 1 aliphatic heterocycles. The first kappa shape index (κ1) is 43.4. The first-order valence-corrected chi connectivity index (χ1v) is 25.8. The molecule has 0 spiro atoms. The predicted molar refractivity (Wildman–Crippen MR) is 298 cm³/mol. The van der Waals surface area contributed by atoms with Gasteiger partial charge in [0.1, 0.15) is 0 Å². The van der Waals surface area contributed by atoms with Gasteiger partial charge in [-0.2, -0.15) is 0 Å². The van der Waals surface area contributed by atoms with E-state index in [1.165, 1.54) is 134 Å². The molecule has 9 aromatic rings. The van der Waals surface area contributed by atoms with Crippen molar-refractivity contribution in [2.45, 2.75) is 129 Å². The standard InChI is InChI=1S/C68H66N2/c1-63(2,3)39-23-29-59-57(31-39)68(13,14)58-32-40(64(4,5)6)24-30-60(58)69(59)41-25-27-45-46-28-26-42(34-54(46)67(11,12)53(45)33-41)70-61-37-55-47(43-19-15-17-21-51(43)65(55,7)8)35-49(61)50-36-48-44-20-16-18-22-52(44)66(9,10)56(48)38-62(50)70/h15-38H,1-14H3. The molecular formula is C68H66N2. The molecule has 0 fully saturated rings. The molecule has 2 heterocycles. The third kappa shape index (κ3) is 5.62. The van der Waals surface area contributed by atoms with E-state index in [0.29, 0.717) is 0 Å². The van der Waals surface area contributed by atoms with Crippen LogP contribution in [0.3, 0.4) is 0 Å². The summed E-state index contributed by atoms with van der Waals surface area (Å²) < 4.78 is 2.61. The fourth-order valence-electron chi connectivity index (χ4n) is 13.6. The predicted octanol–water partition coefficient (Wildman–Crippen LogP) is 18.4. The highest BCUT2D eigenvalue weighted by Crippen LogP contribution is 2.58. The van der Waals surface area contributed by atoms with Gasteiger partial charge in [0.2, 0.25) is 0 Å². The zero-order valence-corrected chi connectivity index (χ0v) is 43.8. The summed E-state index contributed by atoms with van der Waals surface area (Å²) in [6, 6.07) is 57.4. The van der Waals surface area contributed by atoms with Crippen LogP contribution in [0.25, 0.3) is 60.9 Å². The van der Waals surface area contributed by atoms with Crippen LogP contribution in [0.15, 0.2) is 146 Å². The smallest absolute Gasteiger partial charge is 0.0544 e. The first-order valence-electron chi connectivity index (χ1n) is 25.8. The van der Waals surface area contributed by atoms with Gasteiger partial charge in [0.15, 0.2) is 0 Å². The van der Waals surface area contributed by atoms with E-state index < -0.39 is 0 Å². The molecule has 3 aliphatic carbocycles. The van der Waals surface area contributed by atoms with Crippen LogP contribution in [0, 0.1) is 0 Å². The Morgan fingerprint density at radius 1 is 0.314 bits per heavy atom. The van der Waals surface area contributed by atoms with Crippen LogP contribution in [-0.2, 0) is 32.5 Å². The molecule has 1 aromatic heterocycles. The Bertz CT molecular complexity index is 3600. The van der Waals surface area contributed by atoms with E-state index in [-0.39, 0.29) is 32.5 Å². The second-order valence-electron chi connectivity index (χ2n) is 25.5. The number of anilines is 3. The molecular weight excluding hydrogens is 845 g/mol. The van der Waals surface area contributed by atoms with Gasteiger partial charge < -0.3 is 9.47 Å². The number of benzene rings is 8. The summed E-state index contributed by atoms with van der Waals surface area (Å²) in [5, 5.41) is 2.63. The van der Waals surface area contributed by atoms with Crippen molar-refractivity contribution >= 4 is 38.9 Å². The van der Waals surface area contributed by atoms with Crippen molar-refractivity contribution in [2.75, 3.05) is 4.90 Å². The number of rotatable bonds is 2. The summed E-state index contributed by atoms with van der Waals surface area (Å²) in [7, 11) is 0. The molecule has 13 rings (SSSR count). The molecule has 4 aliphatic rings. The zero-order chi connectivity index (χ0) is 49.0. The molecule has 0 radical (unpaired) electrons. The van der Waals surface area contributed by atoms with Gasteiger partial charge in [-0.05, 0) is 161 Å². The van der Waals surface area contributed by atoms with E-state index in [1.54, 1.807) is 0 Å². The molecule has 0 saturated carbocycles. The minimum Gasteiger partial charge on any atom is -0.310 e. The van der Waals surface area contributed by atoms with Crippen molar-refractivity contribution in [3.63, 3.8) is 0 Å². The van der Waals surface area contributed by atoms with E-state index >= 15 is 0 Å². The average Bonchev–Trinajstić information content (AvgIpc) is 3.92. The highest BCUT2D eigenvalue weighted by molar-refractivity contribution is 6.14. The summed E-state index contributed by atoms with van der Waals surface area (Å²) in [6.07, 6.45) is 0. The summed E-state index contributed by atoms with van der Waals surface area (Å²) in [4.78, 5) is 2.56. The van der Waals surface area contributed by atoms with Crippen LogP contribution in [0.1, 0.15) is 153 Å². The molecule has 0 saturated heterocycles. The van der Waals surface area contributed by atoms with Crippen molar-refractivity contribution < 1.29 is 0 Å². The quantitative estimate of drug-likeness (QED) is 0.168. The fraction of sp³-hybridized carbons (Fsp3) is 0.294. The summed E-state index contributed by atoms with van der Waals surface area (Å²) in [6.45, 7) is 33.4. The van der Waals surface area contributed by atoms with Gasteiger partial charge in [-0.3, -0.25) is 0 Å². The Morgan fingerprint density at radius 3 is 1.14 bits per heavy atom. The summed E-state index contributed by atoms with van der Waals surface area (Å²) in [5.41, 5.74) is 28.9. The highest BCUT2D eigenvalue weighted by atomic mass is 15.2. The van der Waals surface area contributed by atoms with E-state index in [4.69, 9.17) is 0 Å². The van der Waals surface area contributed by atoms with Gasteiger partial charge in [0, 0.05) is 43.8 Å². The van der Waals surface area contributed by atoms with Crippen LogP contribution < -0.4 is 4.90 Å². The Hall–Kier alpha value is -6.64. The van der Waals surface area contributed by atoms with E-state index in [0.717, 1.165) is 0 Å². The van der Waals surface area contributed by atoms with E-state index in [1.807, 2.05) is 0 Å². The zero-order valence-electron chi connectivity index (χ0n) is 43.8. The summed E-state index contributed by atoms with van der Waals surface area (Å²) in [5.74, 6) is 0. The molecule has 70 heavy (non-hydrogen) atoms. The van der Waals surface area contributed by atoms with E-state index in [2.05, 4.69) is 252 Å². The Labute approximate surface area is 416 Å². The van der Waals surface area contributed by atoms with Crippen LogP contribution in [-0.4, -0.2) is 4.57 Å². The fourth-order valence-corrected chi connectivity index (χ4v) is 13.6. The van der Waals surface area contributed by atoms with Gasteiger partial charge in [0.25, 0.3) is 0 Å². The highest BCUT2D eigenvalue weighted by Gasteiger charge is 2.43. The van der Waals surface area contributed by atoms with Crippen molar-refractivity contribution in [3.05, 3.63) is 201 Å². The normalized spacial score (nSPS) is 17.1. The van der Waals surface area contributed by atoms with Crippen molar-refractivity contribution in [3.8, 4) is 39.1 Å². The molecule has 0 unspecified atom stereocenters. The lowest BCUT2D eigenvalue weighted by Crippen LogP contribution is -2.32. The summed E-state index contributed by atoms with van der Waals surface area (Å²) >= 11 is 0. The SMILES string of the molecule is CC(C)(C)c1ccc2c(c1)C(C)(C)c1cc(C(C)(C)C)ccc1N2c1ccc2c(c1)C(C)(C)c1cc(-n3c4cc5c(cc4c4cc6c(cc43)C(C)(C)c3ccccc3-6)-c3ccccc3C5(C)C)ccc1-2. The number of hydrogen-bond donors (Lipinski definition) is 0. The topological polar surface area (TPSA) is 8.17 Å². The maximum atomic E-state index is 2.61. The largest absolute Gasteiger partial charge is 0.310 e. The van der Waals surface area contributed by atoms with Gasteiger partial charge in [0.05, 0.1) is 22.4 Å². The van der Waals surface area contributed by atoms with Crippen LogP contribution in [0.4, 0.5) is 17.1 Å². The minimum atomic E-state index is -0.252. The number of nitrogens with zero attached hydrogens (tertiary/aromatic N) is 2. The Morgan fingerprint density at radius 2 is 0.686 bits per heavy atom. The Balaban J connectivity index is 0.996. The number of hydrogen-bond acceptors (Lipinski definition) is 1. The van der Waals surface area contributed by atoms with Crippen molar-refractivity contribution in [2.24, 2.45) is 0 Å². The third-order valence-electron chi connectivity index (χ3n) is 17.9. The van der Waals surface area contributed by atoms with Gasteiger partial charge in [-0.15, -0.1) is 0 Å². The first-order chi connectivity index (χ1) is 33.0. The van der Waals surface area contributed by atoms with Gasteiger partial charge >= 0.3 is 0 Å². The molecule has 348 valence electrons. The molecule has 0 amide bonds. The lowest BCUT2D eigenvalue weighted by Gasteiger charge is -2.43. The maximum Gasteiger partial charge on any atom is 0.0544 e. The molecule has 0 bridgehead atoms. The van der Waals surface area contributed by atoms with Gasteiger partial charge in [-0.1, -0.05) is 182 Å². The second kappa shape index (κ2) is 13.6. The number of fused-ring (bicyclic) bond motifs is 14. The lowest BCUT2D eigenvalue weighted by atomic mass is 9.70. The van der Waals surface area contributed by atoms with Crippen LogP contribution in [0.5, 0.6) is 0 Å². The Kier molecular flexibility index (Phi) is 8.43. The lowest BCUT2D eigenvalue weighted by molar-refractivity contribution is 0.573. The number of aromatic nitrogens is 1. The second-order valence-corrected chi connectivity index (χ2v) is 25.5. The van der Waals surface area contributed by atoms with Crippen molar-refractivity contribution in [1.82, 2.24) is 4.57 Å². The maximum absolute atomic E-state index is 2.61. The molecule has 2 nitrogen and oxygen atoms in total. The van der Waals surface area contributed by atoms with Crippen LogP contribution in [0.2, 0.25) is 0 Å². The van der Waals surface area contributed by atoms with Gasteiger partial charge in [-0.25, -0.2) is 0 Å². The molecule has 0 atom stereocenters. The van der Waals surface area contributed by atoms with Crippen LogP contribution >= 0.6 is 0 Å². The third-order valence-corrected chi connectivity index (χ3v) is 17.9. The minimum absolute atomic E-state index is 0.0376.